The molecule has 0 aromatic carbocycles. The van der Waals surface area contributed by atoms with Gasteiger partial charge in [-0.2, -0.15) is 0 Å². The van der Waals surface area contributed by atoms with Crippen molar-refractivity contribution in [2.24, 2.45) is 5.41 Å². The van der Waals surface area contributed by atoms with Crippen LogP contribution in [0.25, 0.3) is 0 Å². The van der Waals surface area contributed by atoms with E-state index >= 15 is 0 Å². The molecule has 0 fully saturated rings. The zero-order valence-electron chi connectivity index (χ0n) is 10.2. The van der Waals surface area contributed by atoms with Crippen LogP contribution < -0.4 is 0 Å². The lowest BCUT2D eigenvalue weighted by Crippen LogP contribution is -2.08. The van der Waals surface area contributed by atoms with E-state index in [0.717, 1.165) is 6.08 Å². The Hall–Kier alpha value is -1.76. The summed E-state index contributed by atoms with van der Waals surface area (Å²) < 4.78 is 8.92. The van der Waals surface area contributed by atoms with Crippen LogP contribution in [0.15, 0.2) is 11.6 Å². The topological polar surface area (TPSA) is 52.6 Å². The monoisotopic (exact) mass is 224 g/mol. The second-order valence-electron chi connectivity index (χ2n) is 4.07. The van der Waals surface area contributed by atoms with Crippen molar-refractivity contribution < 1.29 is 19.1 Å². The number of carbonyl (C=O) groups excluding carboxylic acids is 2. The largest absolute Gasteiger partial charge is 0.466 e. The molecule has 0 spiro atoms. The summed E-state index contributed by atoms with van der Waals surface area (Å²) in [6.45, 7) is 5.69. The normalized spacial score (nSPS) is 11.2. The van der Waals surface area contributed by atoms with Crippen LogP contribution in [0.4, 0.5) is 0 Å². The van der Waals surface area contributed by atoms with Crippen LogP contribution >= 0.6 is 0 Å². The van der Waals surface area contributed by atoms with E-state index in [9.17, 15) is 9.59 Å². The standard InChI is InChI=1S/C12H16O4/c1-12(2,3)7-6-9(11(14)16-5)8-10(13)15-4/h8H,1-5H3. The highest BCUT2D eigenvalue weighted by Crippen LogP contribution is 2.11. The van der Waals surface area contributed by atoms with Crippen molar-refractivity contribution in [2.75, 3.05) is 14.2 Å². The van der Waals surface area contributed by atoms with Gasteiger partial charge < -0.3 is 9.47 Å². The van der Waals surface area contributed by atoms with Gasteiger partial charge in [0.2, 0.25) is 0 Å². The predicted molar refractivity (Wildman–Crippen MR) is 59.3 cm³/mol. The van der Waals surface area contributed by atoms with Gasteiger partial charge in [-0.25, -0.2) is 9.59 Å². The first-order chi connectivity index (χ1) is 7.30. The van der Waals surface area contributed by atoms with Crippen LogP contribution in [0.3, 0.4) is 0 Å². The maximum absolute atomic E-state index is 11.3. The van der Waals surface area contributed by atoms with Crippen molar-refractivity contribution in [2.45, 2.75) is 20.8 Å². The Morgan fingerprint density at radius 3 is 2.06 bits per heavy atom. The Bertz CT molecular complexity index is 361. The first-order valence-electron chi connectivity index (χ1n) is 4.71. The number of esters is 2. The lowest BCUT2D eigenvalue weighted by atomic mass is 9.97. The van der Waals surface area contributed by atoms with Gasteiger partial charge >= 0.3 is 11.9 Å². The highest BCUT2D eigenvalue weighted by Gasteiger charge is 2.11. The minimum atomic E-state index is -0.651. The van der Waals surface area contributed by atoms with E-state index < -0.39 is 11.9 Å². The molecule has 0 amide bonds. The third kappa shape index (κ3) is 5.86. The molecular weight excluding hydrogens is 208 g/mol. The van der Waals surface area contributed by atoms with Crippen molar-refractivity contribution in [1.29, 1.82) is 0 Å². The molecule has 0 aliphatic carbocycles. The van der Waals surface area contributed by atoms with Crippen molar-refractivity contribution in [3.63, 3.8) is 0 Å². The van der Waals surface area contributed by atoms with Crippen molar-refractivity contribution in [3.8, 4) is 11.8 Å². The van der Waals surface area contributed by atoms with Crippen LogP contribution in [-0.2, 0) is 19.1 Å². The van der Waals surface area contributed by atoms with E-state index in [1.165, 1.54) is 14.2 Å². The second kappa shape index (κ2) is 5.96. The van der Waals surface area contributed by atoms with Gasteiger partial charge in [-0.1, -0.05) is 11.8 Å². The molecule has 0 bridgehead atoms. The molecular formula is C12H16O4. The average molecular weight is 224 g/mol. The van der Waals surface area contributed by atoms with E-state index in [-0.39, 0.29) is 11.0 Å². The summed E-state index contributed by atoms with van der Waals surface area (Å²) in [4.78, 5) is 22.3. The number of carbonyl (C=O) groups is 2. The van der Waals surface area contributed by atoms with Gasteiger partial charge in [0, 0.05) is 11.5 Å². The van der Waals surface area contributed by atoms with Gasteiger partial charge in [0.1, 0.15) is 5.57 Å². The lowest BCUT2D eigenvalue weighted by Gasteiger charge is -2.07. The molecule has 0 heterocycles. The number of hydrogen-bond acceptors (Lipinski definition) is 4. The van der Waals surface area contributed by atoms with Gasteiger partial charge in [-0.05, 0) is 20.8 Å². The highest BCUT2D eigenvalue weighted by atomic mass is 16.5. The van der Waals surface area contributed by atoms with Gasteiger partial charge in [0.25, 0.3) is 0 Å². The summed E-state index contributed by atoms with van der Waals surface area (Å²) in [5.41, 5.74) is -0.271. The number of rotatable bonds is 2. The van der Waals surface area contributed by atoms with E-state index in [1.807, 2.05) is 20.8 Å². The van der Waals surface area contributed by atoms with Gasteiger partial charge in [-0.15, -0.1) is 0 Å². The summed E-state index contributed by atoms with van der Waals surface area (Å²) in [7, 11) is 2.46. The average Bonchev–Trinajstić information content (AvgIpc) is 2.21. The molecule has 0 aliphatic heterocycles. The molecule has 88 valence electrons. The van der Waals surface area contributed by atoms with Crippen LogP contribution in [0.1, 0.15) is 20.8 Å². The number of ether oxygens (including phenoxy) is 2. The van der Waals surface area contributed by atoms with E-state index in [0.29, 0.717) is 0 Å². The molecule has 0 saturated carbocycles. The smallest absolute Gasteiger partial charge is 0.346 e. The van der Waals surface area contributed by atoms with Gasteiger partial charge in [-0.3, -0.25) is 0 Å². The fourth-order valence-corrected chi connectivity index (χ4v) is 0.688. The van der Waals surface area contributed by atoms with E-state index in [2.05, 4.69) is 21.3 Å². The minimum absolute atomic E-state index is 0.00993. The maximum Gasteiger partial charge on any atom is 0.346 e. The fraction of sp³-hybridized carbons (Fsp3) is 0.500. The molecule has 0 aromatic heterocycles. The SMILES string of the molecule is COC(=O)C=C(C#CC(C)(C)C)C(=O)OC. The predicted octanol–water partition coefficient (Wildman–Crippen LogP) is 1.31. The summed E-state index contributed by atoms with van der Waals surface area (Å²) in [6, 6.07) is 0. The minimum Gasteiger partial charge on any atom is -0.466 e. The molecule has 0 N–H and O–H groups in total. The Morgan fingerprint density at radius 2 is 1.69 bits per heavy atom. The molecule has 4 nitrogen and oxygen atoms in total. The molecule has 0 aromatic rings. The molecule has 0 saturated heterocycles. The molecule has 0 radical (unpaired) electrons. The van der Waals surface area contributed by atoms with E-state index in [1.54, 1.807) is 0 Å². The van der Waals surface area contributed by atoms with Crippen LogP contribution in [0.5, 0.6) is 0 Å². The Labute approximate surface area is 95.6 Å². The van der Waals surface area contributed by atoms with Crippen LogP contribution in [0.2, 0.25) is 0 Å². The summed E-state index contributed by atoms with van der Waals surface area (Å²) in [5, 5.41) is 0. The zero-order valence-corrected chi connectivity index (χ0v) is 10.2. The quantitative estimate of drug-likeness (QED) is 0.403. The number of hydrogen-bond donors (Lipinski definition) is 0. The van der Waals surface area contributed by atoms with Crippen molar-refractivity contribution in [1.82, 2.24) is 0 Å². The van der Waals surface area contributed by atoms with Crippen molar-refractivity contribution >= 4 is 11.9 Å². The first-order valence-corrected chi connectivity index (χ1v) is 4.71. The van der Waals surface area contributed by atoms with Crippen molar-refractivity contribution in [3.05, 3.63) is 11.6 Å². The lowest BCUT2D eigenvalue weighted by molar-refractivity contribution is -0.138. The third-order valence-corrected chi connectivity index (χ3v) is 1.44. The maximum atomic E-state index is 11.3. The molecule has 0 rings (SSSR count). The molecule has 4 heteroatoms. The highest BCUT2D eigenvalue weighted by molar-refractivity contribution is 6.00. The molecule has 0 aliphatic rings. The Kier molecular flexibility index (Phi) is 5.31. The molecule has 16 heavy (non-hydrogen) atoms. The summed E-state index contributed by atoms with van der Waals surface area (Å²) >= 11 is 0. The number of methoxy groups -OCH3 is 2. The third-order valence-electron chi connectivity index (χ3n) is 1.44. The second-order valence-corrected chi connectivity index (χ2v) is 4.07. The van der Waals surface area contributed by atoms with Gasteiger partial charge in [0.05, 0.1) is 14.2 Å². The molecule has 0 unspecified atom stereocenters. The first kappa shape index (κ1) is 14.2. The zero-order chi connectivity index (χ0) is 12.8. The fourth-order valence-electron chi connectivity index (χ4n) is 0.688. The Balaban J connectivity index is 5.10. The van der Waals surface area contributed by atoms with Crippen LogP contribution in [0, 0.1) is 17.3 Å². The molecule has 0 atom stereocenters. The van der Waals surface area contributed by atoms with E-state index in [4.69, 9.17) is 0 Å². The van der Waals surface area contributed by atoms with Crippen LogP contribution in [-0.4, -0.2) is 26.2 Å². The summed E-state index contributed by atoms with van der Waals surface area (Å²) in [5.74, 6) is 4.16. The van der Waals surface area contributed by atoms with Gasteiger partial charge in [0.15, 0.2) is 0 Å². The Morgan fingerprint density at radius 1 is 1.12 bits per heavy atom. The summed E-state index contributed by atoms with van der Waals surface area (Å²) in [6.07, 6.45) is 1.02.